The Bertz CT molecular complexity index is 590. The van der Waals surface area contributed by atoms with Gasteiger partial charge in [-0.05, 0) is 12.1 Å². The topological polar surface area (TPSA) is 70.0 Å². The summed E-state index contributed by atoms with van der Waals surface area (Å²) in [5.41, 5.74) is -0.827. The molecule has 1 rings (SSSR count). The summed E-state index contributed by atoms with van der Waals surface area (Å²) in [6, 6.07) is 3.96. The molecule has 0 saturated carbocycles. The van der Waals surface area contributed by atoms with E-state index in [1.807, 2.05) is 0 Å². The second-order valence-corrected chi connectivity index (χ2v) is 4.90. The molecule has 0 aromatic heterocycles. The zero-order valence-electron chi connectivity index (χ0n) is 8.62. The first kappa shape index (κ1) is 14.4. The summed E-state index contributed by atoms with van der Waals surface area (Å²) in [6.45, 7) is -1.79. The molecule has 0 radical (unpaired) electrons. The predicted molar refractivity (Wildman–Crippen MR) is 52.4 cm³/mol. The first-order chi connectivity index (χ1) is 8.17. The molecule has 0 spiro atoms. The minimum atomic E-state index is -4.74. The van der Waals surface area contributed by atoms with Crippen LogP contribution in [-0.4, -0.2) is 21.1 Å². The van der Waals surface area contributed by atoms with Crippen molar-refractivity contribution in [1.82, 2.24) is 4.72 Å². The molecule has 4 nitrogen and oxygen atoms in total. The van der Waals surface area contributed by atoms with E-state index in [1.165, 1.54) is 10.8 Å². The number of halogens is 4. The molecule has 0 aliphatic carbocycles. The fourth-order valence-electron chi connectivity index (χ4n) is 1.09. The summed E-state index contributed by atoms with van der Waals surface area (Å²) >= 11 is 0. The molecule has 0 atom stereocenters. The zero-order chi connectivity index (χ0) is 14.0. The van der Waals surface area contributed by atoms with Crippen LogP contribution in [0.1, 0.15) is 5.56 Å². The van der Waals surface area contributed by atoms with Gasteiger partial charge in [0.1, 0.15) is 28.9 Å². The summed E-state index contributed by atoms with van der Waals surface area (Å²) in [5, 5.41) is 8.59. The Labute approximate surface area is 99.9 Å². The fourth-order valence-corrected chi connectivity index (χ4v) is 2.27. The molecule has 98 valence electrons. The summed E-state index contributed by atoms with van der Waals surface area (Å²) in [7, 11) is -4.59. The van der Waals surface area contributed by atoms with Crippen LogP contribution in [0.25, 0.3) is 0 Å². The van der Waals surface area contributed by atoms with Gasteiger partial charge in [0.25, 0.3) is 0 Å². The molecule has 18 heavy (non-hydrogen) atoms. The molecule has 0 heterocycles. The van der Waals surface area contributed by atoms with Crippen LogP contribution in [0, 0.1) is 17.1 Å². The number of rotatable bonds is 3. The van der Waals surface area contributed by atoms with Crippen molar-refractivity contribution in [3.8, 4) is 6.07 Å². The molecule has 0 aliphatic rings. The molecule has 1 aromatic carbocycles. The van der Waals surface area contributed by atoms with Crippen molar-refractivity contribution >= 4 is 10.0 Å². The third-order valence-electron chi connectivity index (χ3n) is 1.84. The molecule has 1 N–H and O–H groups in total. The van der Waals surface area contributed by atoms with Crippen LogP contribution >= 0.6 is 0 Å². The van der Waals surface area contributed by atoms with Crippen molar-refractivity contribution in [2.45, 2.75) is 11.1 Å². The molecule has 0 aliphatic heterocycles. The van der Waals surface area contributed by atoms with E-state index in [9.17, 15) is 26.0 Å². The largest absolute Gasteiger partial charge is 0.402 e. The van der Waals surface area contributed by atoms with Gasteiger partial charge in [-0.15, -0.1) is 0 Å². The third-order valence-corrected chi connectivity index (χ3v) is 3.28. The second kappa shape index (κ2) is 4.91. The van der Waals surface area contributed by atoms with E-state index >= 15 is 0 Å². The number of nitrogens with zero attached hydrogens (tertiary/aromatic N) is 1. The maximum absolute atomic E-state index is 13.1. The van der Waals surface area contributed by atoms with Gasteiger partial charge in [-0.1, -0.05) is 6.07 Å². The van der Waals surface area contributed by atoms with Gasteiger partial charge < -0.3 is 0 Å². The lowest BCUT2D eigenvalue weighted by Crippen LogP contribution is -2.34. The van der Waals surface area contributed by atoms with E-state index in [0.29, 0.717) is 0 Å². The smallest absolute Gasteiger partial charge is 0.207 e. The lowest BCUT2D eigenvalue weighted by atomic mass is 10.2. The van der Waals surface area contributed by atoms with E-state index < -0.39 is 39.0 Å². The summed E-state index contributed by atoms with van der Waals surface area (Å²) in [6.07, 6.45) is -4.74. The highest BCUT2D eigenvalue weighted by Crippen LogP contribution is 2.19. The zero-order valence-corrected chi connectivity index (χ0v) is 9.44. The number of benzene rings is 1. The molecule has 0 bridgehead atoms. The summed E-state index contributed by atoms with van der Waals surface area (Å²) in [5.74, 6) is -1.12. The van der Waals surface area contributed by atoms with Gasteiger partial charge in [0.2, 0.25) is 10.0 Å². The predicted octanol–water partition coefficient (Wildman–Crippen LogP) is 1.54. The van der Waals surface area contributed by atoms with Crippen LogP contribution in [-0.2, 0) is 10.0 Å². The van der Waals surface area contributed by atoms with E-state index in [-0.39, 0.29) is 0 Å². The van der Waals surface area contributed by atoms with Crippen molar-refractivity contribution in [2.24, 2.45) is 0 Å². The molecule has 0 amide bonds. The number of hydrogen-bond donors (Lipinski definition) is 1. The number of nitriles is 1. The highest BCUT2D eigenvalue weighted by Gasteiger charge is 2.31. The minimum Gasteiger partial charge on any atom is -0.207 e. The molecule has 9 heteroatoms. The Hall–Kier alpha value is -1.66. The standard InChI is InChI=1S/C9H6F4N2O2S/c10-7-2-1-3-8(6(7)4-14)18(16,17)15-5-9(11,12)13/h1-3,15H,5H2. The van der Waals surface area contributed by atoms with Crippen LogP contribution < -0.4 is 4.72 Å². The van der Waals surface area contributed by atoms with Crippen molar-refractivity contribution in [2.75, 3.05) is 6.54 Å². The number of hydrogen-bond acceptors (Lipinski definition) is 3. The van der Waals surface area contributed by atoms with Crippen LogP contribution in [0.4, 0.5) is 17.6 Å². The van der Waals surface area contributed by atoms with E-state index in [0.717, 1.165) is 18.2 Å². The highest BCUT2D eigenvalue weighted by atomic mass is 32.2. The third kappa shape index (κ3) is 3.41. The maximum atomic E-state index is 13.1. The Morgan fingerprint density at radius 1 is 1.33 bits per heavy atom. The van der Waals surface area contributed by atoms with Crippen molar-refractivity contribution in [3.63, 3.8) is 0 Å². The Morgan fingerprint density at radius 3 is 2.44 bits per heavy atom. The average Bonchev–Trinajstić information content (AvgIpc) is 2.25. The first-order valence-electron chi connectivity index (χ1n) is 4.42. The van der Waals surface area contributed by atoms with Gasteiger partial charge in [0.05, 0.1) is 0 Å². The monoisotopic (exact) mass is 282 g/mol. The van der Waals surface area contributed by atoms with E-state index in [1.54, 1.807) is 0 Å². The summed E-state index contributed by atoms with van der Waals surface area (Å²) in [4.78, 5) is -0.825. The molecular formula is C9H6F4N2O2S. The SMILES string of the molecule is N#Cc1c(F)cccc1S(=O)(=O)NCC(F)(F)F. The summed E-state index contributed by atoms with van der Waals surface area (Å²) < 4.78 is 73.0. The minimum absolute atomic E-state index is 0.825. The second-order valence-electron chi connectivity index (χ2n) is 3.16. The molecule has 1 aromatic rings. The lowest BCUT2D eigenvalue weighted by Gasteiger charge is -2.10. The number of sulfonamides is 1. The van der Waals surface area contributed by atoms with Crippen LogP contribution in [0.2, 0.25) is 0 Å². The fraction of sp³-hybridized carbons (Fsp3) is 0.222. The van der Waals surface area contributed by atoms with Crippen molar-refractivity contribution < 1.29 is 26.0 Å². The quantitative estimate of drug-likeness (QED) is 0.855. The van der Waals surface area contributed by atoms with E-state index in [4.69, 9.17) is 5.26 Å². The molecule has 0 unspecified atom stereocenters. The Kier molecular flexibility index (Phi) is 3.93. The first-order valence-corrected chi connectivity index (χ1v) is 5.91. The van der Waals surface area contributed by atoms with Gasteiger partial charge in [-0.3, -0.25) is 0 Å². The molecule has 0 saturated heterocycles. The van der Waals surface area contributed by atoms with Gasteiger partial charge >= 0.3 is 6.18 Å². The maximum Gasteiger partial charge on any atom is 0.402 e. The van der Waals surface area contributed by atoms with Crippen LogP contribution in [0.5, 0.6) is 0 Å². The number of nitrogens with one attached hydrogen (secondary N) is 1. The van der Waals surface area contributed by atoms with Crippen molar-refractivity contribution in [1.29, 1.82) is 5.26 Å². The van der Waals surface area contributed by atoms with Crippen molar-refractivity contribution in [3.05, 3.63) is 29.6 Å². The molecule has 0 fully saturated rings. The van der Waals surface area contributed by atoms with Gasteiger partial charge in [0.15, 0.2) is 0 Å². The van der Waals surface area contributed by atoms with Gasteiger partial charge in [-0.25, -0.2) is 17.5 Å². The van der Waals surface area contributed by atoms with E-state index in [2.05, 4.69) is 0 Å². The van der Waals surface area contributed by atoms with Gasteiger partial charge in [-0.2, -0.15) is 18.4 Å². The normalized spacial score (nSPS) is 12.2. The highest BCUT2D eigenvalue weighted by molar-refractivity contribution is 7.89. The van der Waals surface area contributed by atoms with Crippen LogP contribution in [0.15, 0.2) is 23.1 Å². The van der Waals surface area contributed by atoms with Crippen LogP contribution in [0.3, 0.4) is 0 Å². The number of alkyl halides is 3. The Balaban J connectivity index is 3.15. The molecular weight excluding hydrogens is 276 g/mol. The Morgan fingerprint density at radius 2 is 1.94 bits per heavy atom. The van der Waals surface area contributed by atoms with Gasteiger partial charge in [0, 0.05) is 0 Å². The average molecular weight is 282 g/mol. The lowest BCUT2D eigenvalue weighted by molar-refractivity contribution is -0.121.